The quantitative estimate of drug-likeness (QED) is 0.904. The maximum atomic E-state index is 12.8. The summed E-state index contributed by atoms with van der Waals surface area (Å²) in [6.07, 6.45) is 3.61. The molecule has 2 rings (SSSR count). The molecule has 1 N–H and O–H groups in total. The number of carbonyl (C=O) groups excluding carboxylic acids is 1. The van der Waals surface area contributed by atoms with Crippen molar-refractivity contribution in [1.82, 2.24) is 9.62 Å². The fourth-order valence-corrected chi connectivity index (χ4v) is 4.23. The van der Waals surface area contributed by atoms with Crippen molar-refractivity contribution in [2.75, 3.05) is 13.1 Å². The van der Waals surface area contributed by atoms with E-state index < -0.39 is 10.0 Å². The maximum absolute atomic E-state index is 12.8. The van der Waals surface area contributed by atoms with Crippen molar-refractivity contribution in [2.24, 2.45) is 0 Å². The average molecular weight is 324 g/mol. The van der Waals surface area contributed by atoms with Crippen molar-refractivity contribution in [1.29, 1.82) is 0 Å². The van der Waals surface area contributed by atoms with Crippen LogP contribution in [0.25, 0.3) is 0 Å². The first-order valence-corrected chi connectivity index (χ1v) is 9.31. The van der Waals surface area contributed by atoms with Crippen LogP contribution in [0.1, 0.15) is 49.9 Å². The Hall–Kier alpha value is -1.40. The minimum atomic E-state index is -3.61. The minimum Gasteiger partial charge on any atom is -0.350 e. The van der Waals surface area contributed by atoms with E-state index in [0.29, 0.717) is 13.1 Å². The molecule has 1 amide bonds. The Labute approximate surface area is 132 Å². The zero-order valence-electron chi connectivity index (χ0n) is 13.2. The summed E-state index contributed by atoms with van der Waals surface area (Å²) in [5.41, 5.74) is 0.230. The van der Waals surface area contributed by atoms with Gasteiger partial charge in [0.25, 0.3) is 5.91 Å². The number of hydrogen-bond acceptors (Lipinski definition) is 3. The molecule has 0 saturated carbocycles. The van der Waals surface area contributed by atoms with Crippen LogP contribution in [0, 0.1) is 0 Å². The maximum Gasteiger partial charge on any atom is 0.252 e. The lowest BCUT2D eigenvalue weighted by molar-refractivity contribution is 0.0935. The molecule has 1 atom stereocenters. The molecule has 1 unspecified atom stereocenters. The number of rotatable bonds is 5. The molecule has 1 heterocycles. The van der Waals surface area contributed by atoms with Crippen LogP contribution in [0.15, 0.2) is 29.2 Å². The number of benzene rings is 1. The Morgan fingerprint density at radius 3 is 2.50 bits per heavy atom. The molecular weight excluding hydrogens is 300 g/mol. The SMILES string of the molecule is CCC(C)NC(=O)c1ccccc1S(=O)(=O)N1CCCCC1. The molecule has 0 radical (unpaired) electrons. The van der Waals surface area contributed by atoms with Crippen LogP contribution in [0.2, 0.25) is 0 Å². The molecule has 6 heteroatoms. The van der Waals surface area contributed by atoms with Gasteiger partial charge in [-0.15, -0.1) is 0 Å². The standard InChI is InChI=1S/C16H24N2O3S/c1-3-13(2)17-16(19)14-9-5-6-10-15(14)22(20,21)18-11-7-4-8-12-18/h5-6,9-10,13H,3-4,7-8,11-12H2,1-2H3,(H,17,19). The van der Waals surface area contributed by atoms with E-state index in [9.17, 15) is 13.2 Å². The molecule has 1 aliphatic heterocycles. The number of nitrogens with zero attached hydrogens (tertiary/aromatic N) is 1. The monoisotopic (exact) mass is 324 g/mol. The van der Waals surface area contributed by atoms with E-state index in [1.165, 1.54) is 10.4 Å². The predicted molar refractivity (Wildman–Crippen MR) is 86.3 cm³/mol. The second-order valence-electron chi connectivity index (χ2n) is 5.74. The molecule has 1 saturated heterocycles. The van der Waals surface area contributed by atoms with Gasteiger partial charge in [0.15, 0.2) is 0 Å². The Kier molecular flexibility index (Phi) is 5.58. The number of amides is 1. The highest BCUT2D eigenvalue weighted by molar-refractivity contribution is 7.89. The molecule has 0 aromatic heterocycles. The van der Waals surface area contributed by atoms with Gasteiger partial charge in [0.2, 0.25) is 10.0 Å². The van der Waals surface area contributed by atoms with E-state index in [1.807, 2.05) is 13.8 Å². The van der Waals surface area contributed by atoms with E-state index in [2.05, 4.69) is 5.32 Å². The molecule has 0 spiro atoms. The fourth-order valence-electron chi connectivity index (χ4n) is 2.53. The van der Waals surface area contributed by atoms with Gasteiger partial charge in [-0.05, 0) is 38.3 Å². The van der Waals surface area contributed by atoms with E-state index in [0.717, 1.165) is 25.7 Å². The molecule has 1 aromatic rings. The van der Waals surface area contributed by atoms with E-state index in [4.69, 9.17) is 0 Å². The highest BCUT2D eigenvalue weighted by Crippen LogP contribution is 2.23. The summed E-state index contributed by atoms with van der Waals surface area (Å²) in [4.78, 5) is 12.5. The third-order valence-electron chi connectivity index (χ3n) is 4.05. The normalized spacial score (nSPS) is 17.9. The van der Waals surface area contributed by atoms with E-state index in [1.54, 1.807) is 18.2 Å². The topological polar surface area (TPSA) is 66.5 Å². The lowest BCUT2D eigenvalue weighted by Gasteiger charge is -2.26. The summed E-state index contributed by atoms with van der Waals surface area (Å²) >= 11 is 0. The molecule has 1 aromatic carbocycles. The van der Waals surface area contributed by atoms with Crippen molar-refractivity contribution in [3.63, 3.8) is 0 Å². The predicted octanol–water partition coefficient (Wildman–Crippen LogP) is 2.39. The number of nitrogens with one attached hydrogen (secondary N) is 1. The second kappa shape index (κ2) is 7.24. The van der Waals surface area contributed by atoms with Crippen LogP contribution in [0.5, 0.6) is 0 Å². The first-order valence-electron chi connectivity index (χ1n) is 7.87. The summed E-state index contributed by atoms with van der Waals surface area (Å²) in [7, 11) is -3.61. The highest BCUT2D eigenvalue weighted by atomic mass is 32.2. The highest BCUT2D eigenvalue weighted by Gasteiger charge is 2.29. The minimum absolute atomic E-state index is 0.0123. The van der Waals surface area contributed by atoms with Gasteiger partial charge in [-0.3, -0.25) is 4.79 Å². The molecule has 1 aliphatic rings. The third kappa shape index (κ3) is 3.67. The summed E-state index contributed by atoms with van der Waals surface area (Å²) in [6, 6.07) is 6.47. The van der Waals surface area contributed by atoms with Crippen LogP contribution in [-0.4, -0.2) is 37.8 Å². The van der Waals surface area contributed by atoms with Crippen LogP contribution < -0.4 is 5.32 Å². The lowest BCUT2D eigenvalue weighted by Crippen LogP contribution is -2.38. The van der Waals surface area contributed by atoms with Crippen molar-refractivity contribution in [3.8, 4) is 0 Å². The largest absolute Gasteiger partial charge is 0.350 e. The zero-order chi connectivity index (χ0) is 16.2. The van der Waals surface area contributed by atoms with Gasteiger partial charge in [-0.2, -0.15) is 4.31 Å². The van der Waals surface area contributed by atoms with Gasteiger partial charge in [-0.25, -0.2) is 8.42 Å². The molecular formula is C16H24N2O3S. The Balaban J connectivity index is 2.33. The molecule has 1 fully saturated rings. The lowest BCUT2D eigenvalue weighted by atomic mass is 10.2. The number of piperidine rings is 1. The number of sulfonamides is 1. The Morgan fingerprint density at radius 1 is 1.23 bits per heavy atom. The van der Waals surface area contributed by atoms with Crippen LogP contribution in [0.4, 0.5) is 0 Å². The van der Waals surface area contributed by atoms with Crippen LogP contribution in [0.3, 0.4) is 0 Å². The summed E-state index contributed by atoms with van der Waals surface area (Å²) < 4.78 is 27.1. The summed E-state index contributed by atoms with van der Waals surface area (Å²) in [5.74, 6) is -0.328. The number of hydrogen-bond donors (Lipinski definition) is 1. The van der Waals surface area contributed by atoms with E-state index in [-0.39, 0.29) is 22.4 Å². The van der Waals surface area contributed by atoms with Crippen molar-refractivity contribution in [3.05, 3.63) is 29.8 Å². The molecule has 0 aliphatic carbocycles. The number of carbonyl (C=O) groups is 1. The van der Waals surface area contributed by atoms with Gasteiger partial charge in [0, 0.05) is 19.1 Å². The smallest absolute Gasteiger partial charge is 0.252 e. The van der Waals surface area contributed by atoms with Crippen LogP contribution >= 0.6 is 0 Å². The van der Waals surface area contributed by atoms with Gasteiger partial charge < -0.3 is 5.32 Å². The molecule has 5 nitrogen and oxygen atoms in total. The first-order chi connectivity index (χ1) is 10.5. The van der Waals surface area contributed by atoms with Gasteiger partial charge in [-0.1, -0.05) is 25.5 Å². The van der Waals surface area contributed by atoms with Crippen molar-refractivity contribution in [2.45, 2.75) is 50.5 Å². The van der Waals surface area contributed by atoms with Gasteiger partial charge in [0.05, 0.1) is 10.5 Å². The molecule has 122 valence electrons. The Bertz CT molecular complexity index is 622. The van der Waals surface area contributed by atoms with E-state index >= 15 is 0 Å². The first kappa shape index (κ1) is 17.0. The average Bonchev–Trinajstić information content (AvgIpc) is 2.55. The second-order valence-corrected chi connectivity index (χ2v) is 7.65. The van der Waals surface area contributed by atoms with Gasteiger partial charge >= 0.3 is 0 Å². The van der Waals surface area contributed by atoms with Crippen molar-refractivity contribution < 1.29 is 13.2 Å². The zero-order valence-corrected chi connectivity index (χ0v) is 14.0. The Morgan fingerprint density at radius 2 is 1.86 bits per heavy atom. The molecule has 22 heavy (non-hydrogen) atoms. The molecule has 0 bridgehead atoms. The van der Waals surface area contributed by atoms with Gasteiger partial charge in [0.1, 0.15) is 0 Å². The third-order valence-corrected chi connectivity index (χ3v) is 6.01. The van der Waals surface area contributed by atoms with Crippen LogP contribution in [-0.2, 0) is 10.0 Å². The summed E-state index contributed by atoms with van der Waals surface area (Å²) in [5, 5.41) is 2.84. The summed E-state index contributed by atoms with van der Waals surface area (Å²) in [6.45, 7) is 4.94. The fraction of sp³-hybridized carbons (Fsp3) is 0.562. The van der Waals surface area contributed by atoms with Crippen molar-refractivity contribution >= 4 is 15.9 Å².